The zero-order chi connectivity index (χ0) is 14.1. The molecule has 0 saturated carbocycles. The summed E-state index contributed by atoms with van der Waals surface area (Å²) in [4.78, 5) is 24.4. The Hall–Kier alpha value is -1.52. The fourth-order valence-corrected chi connectivity index (χ4v) is 1.50. The van der Waals surface area contributed by atoms with E-state index in [0.717, 1.165) is 12.8 Å². The summed E-state index contributed by atoms with van der Waals surface area (Å²) in [5, 5.41) is 11.6. The van der Waals surface area contributed by atoms with Crippen molar-refractivity contribution in [3.8, 4) is 0 Å². The Balaban J connectivity index is 4.32. The second-order valence-electron chi connectivity index (χ2n) is 4.50. The van der Waals surface area contributed by atoms with E-state index < -0.39 is 12.0 Å². The Morgan fingerprint density at radius 3 is 2.56 bits per heavy atom. The van der Waals surface area contributed by atoms with Crippen molar-refractivity contribution in [3.63, 3.8) is 0 Å². The summed E-state index contributed by atoms with van der Waals surface area (Å²) in [5.41, 5.74) is 0. The van der Waals surface area contributed by atoms with Crippen LogP contribution in [-0.4, -0.2) is 41.6 Å². The number of hydrogen-bond donors (Lipinski definition) is 2. The SMILES string of the molecule is C=CCCCN(C)C(=O)N[C@H](C(=O)O)[C@@H](C)CC. The van der Waals surface area contributed by atoms with Crippen LogP contribution in [0.5, 0.6) is 0 Å². The van der Waals surface area contributed by atoms with E-state index in [-0.39, 0.29) is 11.9 Å². The predicted molar refractivity (Wildman–Crippen MR) is 71.5 cm³/mol. The maximum absolute atomic E-state index is 11.8. The molecule has 0 aromatic carbocycles. The lowest BCUT2D eigenvalue weighted by Gasteiger charge is -2.24. The lowest BCUT2D eigenvalue weighted by Crippen LogP contribution is -2.49. The average Bonchev–Trinajstić information content (AvgIpc) is 2.34. The van der Waals surface area contributed by atoms with Crippen molar-refractivity contribution in [2.24, 2.45) is 5.92 Å². The minimum absolute atomic E-state index is 0.0898. The standard InChI is InChI=1S/C13H24N2O3/c1-5-7-8-9-15(4)13(18)14-11(12(16)17)10(3)6-2/h5,10-11H,1,6-9H2,2-4H3,(H,14,18)(H,16,17)/t10-,11-/m0/s1. The Morgan fingerprint density at radius 2 is 2.11 bits per heavy atom. The van der Waals surface area contributed by atoms with Crippen molar-refractivity contribution in [1.82, 2.24) is 10.2 Å². The third kappa shape index (κ3) is 5.70. The van der Waals surface area contributed by atoms with Crippen molar-refractivity contribution in [1.29, 1.82) is 0 Å². The van der Waals surface area contributed by atoms with Crippen LogP contribution in [0.4, 0.5) is 4.79 Å². The maximum atomic E-state index is 11.8. The van der Waals surface area contributed by atoms with Crippen LogP contribution in [0.2, 0.25) is 0 Å². The van der Waals surface area contributed by atoms with Crippen LogP contribution in [0.15, 0.2) is 12.7 Å². The summed E-state index contributed by atoms with van der Waals surface area (Å²) in [5.74, 6) is -1.08. The van der Waals surface area contributed by atoms with Crippen LogP contribution in [-0.2, 0) is 4.79 Å². The van der Waals surface area contributed by atoms with Gasteiger partial charge in [0, 0.05) is 13.6 Å². The highest BCUT2D eigenvalue weighted by atomic mass is 16.4. The van der Waals surface area contributed by atoms with Gasteiger partial charge in [0.15, 0.2) is 0 Å². The number of carbonyl (C=O) groups is 2. The molecule has 0 aromatic heterocycles. The van der Waals surface area contributed by atoms with E-state index in [9.17, 15) is 9.59 Å². The van der Waals surface area contributed by atoms with E-state index in [0.29, 0.717) is 13.0 Å². The first-order valence-corrected chi connectivity index (χ1v) is 6.29. The highest BCUT2D eigenvalue weighted by molar-refractivity contribution is 5.82. The number of hydrogen-bond acceptors (Lipinski definition) is 2. The molecule has 0 aliphatic rings. The van der Waals surface area contributed by atoms with Gasteiger partial charge >= 0.3 is 12.0 Å². The van der Waals surface area contributed by atoms with Crippen LogP contribution < -0.4 is 5.32 Å². The van der Waals surface area contributed by atoms with Gasteiger partial charge in [-0.15, -0.1) is 6.58 Å². The monoisotopic (exact) mass is 256 g/mol. The van der Waals surface area contributed by atoms with Crippen molar-refractivity contribution in [3.05, 3.63) is 12.7 Å². The number of nitrogens with zero attached hydrogens (tertiary/aromatic N) is 1. The molecule has 0 aliphatic heterocycles. The van der Waals surface area contributed by atoms with E-state index in [2.05, 4.69) is 11.9 Å². The van der Waals surface area contributed by atoms with Gasteiger partial charge in [-0.1, -0.05) is 26.3 Å². The second-order valence-corrected chi connectivity index (χ2v) is 4.50. The number of nitrogens with one attached hydrogen (secondary N) is 1. The molecule has 0 spiro atoms. The molecule has 0 bridgehead atoms. The number of allylic oxidation sites excluding steroid dienone is 1. The molecule has 0 aromatic rings. The van der Waals surface area contributed by atoms with Crippen molar-refractivity contribution >= 4 is 12.0 Å². The molecule has 0 heterocycles. The molecular formula is C13H24N2O3. The van der Waals surface area contributed by atoms with E-state index >= 15 is 0 Å². The molecule has 5 heteroatoms. The Morgan fingerprint density at radius 1 is 1.50 bits per heavy atom. The molecule has 2 atom stereocenters. The first kappa shape index (κ1) is 16.5. The smallest absolute Gasteiger partial charge is 0.326 e. The van der Waals surface area contributed by atoms with Crippen LogP contribution in [0.3, 0.4) is 0 Å². The normalized spacial score (nSPS) is 13.5. The number of aliphatic carboxylic acids is 1. The van der Waals surface area contributed by atoms with Crippen molar-refractivity contribution in [2.75, 3.05) is 13.6 Å². The molecule has 2 amide bonds. The van der Waals surface area contributed by atoms with Crippen LogP contribution in [0.25, 0.3) is 0 Å². The quantitative estimate of drug-likeness (QED) is 0.516. The van der Waals surface area contributed by atoms with Crippen LogP contribution in [0.1, 0.15) is 33.1 Å². The van der Waals surface area contributed by atoms with Gasteiger partial charge in [-0.3, -0.25) is 0 Å². The molecule has 0 rings (SSSR count). The number of urea groups is 1. The first-order valence-electron chi connectivity index (χ1n) is 6.29. The lowest BCUT2D eigenvalue weighted by molar-refractivity contribution is -0.140. The highest BCUT2D eigenvalue weighted by Gasteiger charge is 2.26. The summed E-state index contributed by atoms with van der Waals surface area (Å²) >= 11 is 0. The van der Waals surface area contributed by atoms with Gasteiger partial charge in [0.25, 0.3) is 0 Å². The molecule has 0 fully saturated rings. The fraction of sp³-hybridized carbons (Fsp3) is 0.692. The van der Waals surface area contributed by atoms with E-state index in [1.807, 2.05) is 13.8 Å². The number of carbonyl (C=O) groups excluding carboxylic acids is 1. The number of carboxylic acid groups (broad SMARTS) is 1. The third-order valence-corrected chi connectivity index (χ3v) is 3.01. The van der Waals surface area contributed by atoms with Crippen molar-refractivity contribution in [2.45, 2.75) is 39.2 Å². The van der Waals surface area contributed by atoms with E-state index in [4.69, 9.17) is 5.11 Å². The minimum Gasteiger partial charge on any atom is -0.480 e. The number of unbranched alkanes of at least 4 members (excludes halogenated alkanes) is 1. The largest absolute Gasteiger partial charge is 0.480 e. The summed E-state index contributed by atoms with van der Waals surface area (Å²) < 4.78 is 0. The van der Waals surface area contributed by atoms with Gasteiger partial charge in [0.1, 0.15) is 6.04 Å². The number of amides is 2. The topological polar surface area (TPSA) is 69.6 Å². The van der Waals surface area contributed by atoms with Gasteiger partial charge in [0.2, 0.25) is 0 Å². The third-order valence-electron chi connectivity index (χ3n) is 3.01. The van der Waals surface area contributed by atoms with Gasteiger partial charge in [-0.05, 0) is 18.8 Å². The summed E-state index contributed by atoms with van der Waals surface area (Å²) in [7, 11) is 1.66. The van der Waals surface area contributed by atoms with Gasteiger partial charge in [-0.25, -0.2) is 9.59 Å². The Kier molecular flexibility index (Phi) is 7.83. The molecule has 5 nitrogen and oxygen atoms in total. The average molecular weight is 256 g/mol. The van der Waals surface area contributed by atoms with Gasteiger partial charge in [-0.2, -0.15) is 0 Å². The summed E-state index contributed by atoms with van der Waals surface area (Å²) in [6.07, 6.45) is 4.17. The van der Waals surface area contributed by atoms with E-state index in [1.54, 1.807) is 13.1 Å². The maximum Gasteiger partial charge on any atom is 0.326 e. The molecule has 104 valence electrons. The lowest BCUT2D eigenvalue weighted by atomic mass is 9.99. The summed E-state index contributed by atoms with van der Waals surface area (Å²) in [6.45, 7) is 7.92. The molecule has 2 N–H and O–H groups in total. The zero-order valence-corrected chi connectivity index (χ0v) is 11.5. The highest BCUT2D eigenvalue weighted by Crippen LogP contribution is 2.08. The fourth-order valence-electron chi connectivity index (χ4n) is 1.50. The minimum atomic E-state index is -0.989. The molecule has 0 unspecified atom stereocenters. The molecule has 0 radical (unpaired) electrons. The van der Waals surface area contributed by atoms with Crippen LogP contribution in [0, 0.1) is 5.92 Å². The first-order chi connectivity index (χ1) is 8.43. The Labute approximate surface area is 109 Å². The molecular weight excluding hydrogens is 232 g/mol. The Bertz CT molecular complexity index is 292. The van der Waals surface area contributed by atoms with Crippen molar-refractivity contribution < 1.29 is 14.7 Å². The summed E-state index contributed by atoms with van der Waals surface area (Å²) in [6, 6.07) is -1.17. The number of carboxylic acids is 1. The van der Waals surface area contributed by atoms with E-state index in [1.165, 1.54) is 4.90 Å². The second kappa shape index (κ2) is 8.55. The predicted octanol–water partition coefficient (Wildman–Crippen LogP) is 2.09. The van der Waals surface area contributed by atoms with Gasteiger partial charge in [0.05, 0.1) is 0 Å². The molecule has 0 saturated heterocycles. The number of rotatable bonds is 8. The molecule has 0 aliphatic carbocycles. The van der Waals surface area contributed by atoms with Crippen LogP contribution >= 0.6 is 0 Å². The zero-order valence-electron chi connectivity index (χ0n) is 11.5. The van der Waals surface area contributed by atoms with Gasteiger partial charge < -0.3 is 15.3 Å². The molecule has 18 heavy (non-hydrogen) atoms.